The summed E-state index contributed by atoms with van der Waals surface area (Å²) in [5, 5.41) is 4.20. The summed E-state index contributed by atoms with van der Waals surface area (Å²) >= 11 is 1.73. The molecule has 1 aromatic rings. The predicted octanol–water partition coefficient (Wildman–Crippen LogP) is 1.35. The quantitative estimate of drug-likeness (QED) is 0.652. The van der Waals surface area contributed by atoms with Crippen molar-refractivity contribution in [1.29, 1.82) is 0 Å². The molecule has 0 spiro atoms. The minimum absolute atomic E-state index is 0.716. The van der Waals surface area contributed by atoms with Crippen LogP contribution in [0.1, 0.15) is 11.3 Å². The number of aromatic nitrogens is 1. The normalized spacial score (nSPS) is 10.8. The monoisotopic (exact) mass is 273 g/mol. The van der Waals surface area contributed by atoms with E-state index in [-0.39, 0.29) is 0 Å². The van der Waals surface area contributed by atoms with Crippen LogP contribution in [0.3, 0.4) is 0 Å². The van der Waals surface area contributed by atoms with Gasteiger partial charge in [-0.1, -0.05) is 0 Å². The molecule has 0 saturated carbocycles. The van der Waals surface area contributed by atoms with E-state index in [1.54, 1.807) is 25.6 Å². The van der Waals surface area contributed by atoms with E-state index in [0.717, 1.165) is 37.8 Å². The third-order valence-corrected chi connectivity index (χ3v) is 3.56. The van der Waals surface area contributed by atoms with Gasteiger partial charge in [-0.15, -0.1) is 11.3 Å². The second-order valence-electron chi connectivity index (χ2n) is 3.97. The van der Waals surface area contributed by atoms with Crippen LogP contribution in [0.15, 0.2) is 6.20 Å². The van der Waals surface area contributed by atoms with Crippen molar-refractivity contribution in [1.82, 2.24) is 10.3 Å². The van der Waals surface area contributed by atoms with E-state index in [1.807, 2.05) is 13.2 Å². The van der Waals surface area contributed by atoms with Gasteiger partial charge in [0, 0.05) is 51.5 Å². The van der Waals surface area contributed by atoms with Crippen LogP contribution in [-0.4, -0.2) is 52.6 Å². The molecule has 5 nitrogen and oxygen atoms in total. The third kappa shape index (κ3) is 5.30. The number of thiazole rings is 1. The number of anilines is 1. The second-order valence-corrected chi connectivity index (χ2v) is 5.06. The van der Waals surface area contributed by atoms with Crippen molar-refractivity contribution in [2.24, 2.45) is 0 Å². The molecule has 1 rings (SSSR count). The molecule has 0 aliphatic rings. The van der Waals surface area contributed by atoms with E-state index in [0.29, 0.717) is 6.61 Å². The van der Waals surface area contributed by atoms with Crippen molar-refractivity contribution in [3.05, 3.63) is 11.1 Å². The van der Waals surface area contributed by atoms with Crippen molar-refractivity contribution < 1.29 is 9.47 Å². The predicted molar refractivity (Wildman–Crippen MR) is 75.5 cm³/mol. The first-order chi connectivity index (χ1) is 8.81. The molecule has 1 heterocycles. The highest BCUT2D eigenvalue weighted by molar-refractivity contribution is 7.15. The number of nitrogens with zero attached hydrogens (tertiary/aromatic N) is 2. The van der Waals surface area contributed by atoms with E-state index < -0.39 is 0 Å². The summed E-state index contributed by atoms with van der Waals surface area (Å²) in [5.74, 6) is 0. The maximum absolute atomic E-state index is 5.15. The van der Waals surface area contributed by atoms with Gasteiger partial charge in [0.25, 0.3) is 0 Å². The smallest absolute Gasteiger partial charge is 0.185 e. The van der Waals surface area contributed by atoms with Crippen LogP contribution >= 0.6 is 11.3 Å². The molecule has 0 aromatic carbocycles. The summed E-state index contributed by atoms with van der Waals surface area (Å²) in [6.07, 6.45) is 2.94. The van der Waals surface area contributed by atoms with E-state index >= 15 is 0 Å². The summed E-state index contributed by atoms with van der Waals surface area (Å²) in [5.41, 5.74) is 0. The van der Waals surface area contributed by atoms with Gasteiger partial charge in [-0.2, -0.15) is 0 Å². The Balaban J connectivity index is 2.55. The second kappa shape index (κ2) is 9.27. The Bertz CT molecular complexity index is 320. The highest BCUT2D eigenvalue weighted by Crippen LogP contribution is 2.22. The lowest BCUT2D eigenvalue weighted by atomic mass is 10.4. The van der Waals surface area contributed by atoms with Gasteiger partial charge in [-0.05, 0) is 13.5 Å². The third-order valence-electron chi connectivity index (χ3n) is 2.50. The van der Waals surface area contributed by atoms with Gasteiger partial charge in [-0.25, -0.2) is 4.98 Å². The van der Waals surface area contributed by atoms with Gasteiger partial charge in [0.15, 0.2) is 5.13 Å². The zero-order chi connectivity index (χ0) is 13.2. The van der Waals surface area contributed by atoms with Crippen LogP contribution in [0.2, 0.25) is 0 Å². The molecule has 0 amide bonds. The standard InChI is InChI=1S/C12H23N3O2S/c1-13-9-11-10-14-12(18-11)15(6-8-17-3)5-4-7-16-2/h10,13H,4-9H2,1-3H3. The van der Waals surface area contributed by atoms with E-state index in [1.165, 1.54) is 4.88 Å². The fourth-order valence-electron chi connectivity index (χ4n) is 1.60. The number of hydrogen-bond donors (Lipinski definition) is 1. The maximum Gasteiger partial charge on any atom is 0.185 e. The zero-order valence-corrected chi connectivity index (χ0v) is 12.3. The Labute approximate surface area is 113 Å². The summed E-state index contributed by atoms with van der Waals surface area (Å²) in [7, 11) is 5.40. The van der Waals surface area contributed by atoms with Crippen LogP contribution in [-0.2, 0) is 16.0 Å². The number of methoxy groups -OCH3 is 2. The Morgan fingerprint density at radius 3 is 2.72 bits per heavy atom. The van der Waals surface area contributed by atoms with Gasteiger partial charge in [0.1, 0.15) is 0 Å². The average molecular weight is 273 g/mol. The molecular formula is C12H23N3O2S. The van der Waals surface area contributed by atoms with Gasteiger partial charge < -0.3 is 19.7 Å². The summed E-state index contributed by atoms with van der Waals surface area (Å²) in [6, 6.07) is 0. The number of hydrogen-bond acceptors (Lipinski definition) is 6. The first-order valence-electron chi connectivity index (χ1n) is 6.14. The molecule has 1 N–H and O–H groups in total. The Hall–Kier alpha value is -0.690. The summed E-state index contributed by atoms with van der Waals surface area (Å²) < 4.78 is 10.2. The molecule has 6 heteroatoms. The van der Waals surface area contributed by atoms with Crippen LogP contribution in [0.25, 0.3) is 0 Å². The molecule has 0 atom stereocenters. The van der Waals surface area contributed by atoms with Gasteiger partial charge in [0.2, 0.25) is 0 Å². The lowest BCUT2D eigenvalue weighted by Gasteiger charge is -2.21. The highest BCUT2D eigenvalue weighted by atomic mass is 32.1. The van der Waals surface area contributed by atoms with E-state index in [2.05, 4.69) is 15.2 Å². The van der Waals surface area contributed by atoms with Crippen molar-refractivity contribution in [2.75, 3.05) is 52.5 Å². The molecule has 18 heavy (non-hydrogen) atoms. The fourth-order valence-corrected chi connectivity index (χ4v) is 2.58. The van der Waals surface area contributed by atoms with Gasteiger partial charge in [0.05, 0.1) is 6.61 Å². The van der Waals surface area contributed by atoms with Crippen LogP contribution < -0.4 is 10.2 Å². The van der Waals surface area contributed by atoms with Crippen molar-refractivity contribution in [3.63, 3.8) is 0 Å². The molecule has 0 bridgehead atoms. The molecule has 1 aromatic heterocycles. The summed E-state index contributed by atoms with van der Waals surface area (Å²) in [6.45, 7) is 4.18. The number of nitrogens with one attached hydrogen (secondary N) is 1. The molecular weight excluding hydrogens is 250 g/mol. The molecule has 0 aliphatic heterocycles. The van der Waals surface area contributed by atoms with Crippen molar-refractivity contribution in [3.8, 4) is 0 Å². The van der Waals surface area contributed by atoms with Crippen LogP contribution in [0.4, 0.5) is 5.13 Å². The van der Waals surface area contributed by atoms with Crippen LogP contribution in [0, 0.1) is 0 Å². The van der Waals surface area contributed by atoms with Crippen LogP contribution in [0.5, 0.6) is 0 Å². The van der Waals surface area contributed by atoms with Gasteiger partial charge in [-0.3, -0.25) is 0 Å². The fraction of sp³-hybridized carbons (Fsp3) is 0.750. The SMILES string of the molecule is CNCc1cnc(N(CCCOC)CCOC)s1. The molecule has 0 aliphatic carbocycles. The van der Waals surface area contributed by atoms with Crippen molar-refractivity contribution in [2.45, 2.75) is 13.0 Å². The zero-order valence-electron chi connectivity index (χ0n) is 11.4. The lowest BCUT2D eigenvalue weighted by molar-refractivity contribution is 0.191. The Morgan fingerprint density at radius 1 is 1.28 bits per heavy atom. The average Bonchev–Trinajstić information content (AvgIpc) is 2.82. The molecule has 0 radical (unpaired) electrons. The lowest BCUT2D eigenvalue weighted by Crippen LogP contribution is -2.28. The van der Waals surface area contributed by atoms with Crippen molar-refractivity contribution >= 4 is 16.5 Å². The number of ether oxygens (including phenoxy) is 2. The van der Waals surface area contributed by atoms with E-state index in [9.17, 15) is 0 Å². The minimum atomic E-state index is 0.716. The topological polar surface area (TPSA) is 46.6 Å². The molecule has 0 saturated heterocycles. The highest BCUT2D eigenvalue weighted by Gasteiger charge is 2.10. The first-order valence-corrected chi connectivity index (χ1v) is 6.95. The first kappa shape index (κ1) is 15.4. The van der Waals surface area contributed by atoms with Gasteiger partial charge >= 0.3 is 0 Å². The summed E-state index contributed by atoms with van der Waals surface area (Å²) in [4.78, 5) is 7.98. The molecule has 0 fully saturated rings. The molecule has 0 unspecified atom stereocenters. The number of rotatable bonds is 10. The Kier molecular flexibility index (Phi) is 7.91. The Morgan fingerprint density at radius 2 is 2.06 bits per heavy atom. The maximum atomic E-state index is 5.15. The molecule has 104 valence electrons. The largest absolute Gasteiger partial charge is 0.385 e. The minimum Gasteiger partial charge on any atom is -0.385 e. The van der Waals surface area contributed by atoms with E-state index in [4.69, 9.17) is 9.47 Å².